The molecule has 5 nitrogen and oxygen atoms in total. The largest absolute Gasteiger partial charge is 0.465 e. The standard InChI is InChI=1S/C9H10BrNO4S/c10-7-1-3-8(4-2-7)16(14,15)6-5-11-9(12)13/h1-4,11H,5-6H2,(H,12,13). The molecule has 0 bridgehead atoms. The summed E-state index contributed by atoms with van der Waals surface area (Å²) >= 11 is 3.20. The Balaban J connectivity index is 2.71. The fraction of sp³-hybridized carbons (Fsp3) is 0.222. The van der Waals surface area contributed by atoms with E-state index >= 15 is 0 Å². The molecule has 0 saturated heterocycles. The average molecular weight is 308 g/mol. The molecule has 2 N–H and O–H groups in total. The minimum atomic E-state index is -3.42. The van der Waals surface area contributed by atoms with E-state index in [-0.39, 0.29) is 17.2 Å². The number of hydrogen-bond acceptors (Lipinski definition) is 3. The van der Waals surface area contributed by atoms with Crippen molar-refractivity contribution in [2.24, 2.45) is 0 Å². The van der Waals surface area contributed by atoms with Gasteiger partial charge in [-0.2, -0.15) is 0 Å². The molecule has 1 aromatic rings. The maximum absolute atomic E-state index is 11.7. The minimum absolute atomic E-state index is 0.117. The SMILES string of the molecule is O=C(O)NCCS(=O)(=O)c1ccc(Br)cc1. The third-order valence-electron chi connectivity index (χ3n) is 1.82. The third kappa shape index (κ3) is 3.82. The van der Waals surface area contributed by atoms with Gasteiger partial charge in [-0.1, -0.05) is 15.9 Å². The van der Waals surface area contributed by atoms with E-state index in [1.165, 1.54) is 12.1 Å². The smallest absolute Gasteiger partial charge is 0.404 e. The highest BCUT2D eigenvalue weighted by Gasteiger charge is 2.13. The second-order valence-corrected chi connectivity index (χ2v) is 6.03. The van der Waals surface area contributed by atoms with Crippen molar-refractivity contribution in [2.75, 3.05) is 12.3 Å². The highest BCUT2D eigenvalue weighted by molar-refractivity contribution is 9.10. The molecule has 0 aromatic heterocycles. The predicted octanol–water partition coefficient (Wildman–Crippen LogP) is 1.49. The van der Waals surface area contributed by atoms with E-state index in [0.29, 0.717) is 0 Å². The fourth-order valence-electron chi connectivity index (χ4n) is 1.05. The maximum atomic E-state index is 11.7. The van der Waals surface area contributed by atoms with Crippen molar-refractivity contribution in [2.45, 2.75) is 4.90 Å². The van der Waals surface area contributed by atoms with Crippen LogP contribution < -0.4 is 5.32 Å². The Labute approximate surface area is 102 Å². The second kappa shape index (κ2) is 5.31. The zero-order chi connectivity index (χ0) is 12.2. The van der Waals surface area contributed by atoms with Crippen molar-refractivity contribution >= 4 is 31.9 Å². The van der Waals surface area contributed by atoms with Gasteiger partial charge in [0, 0.05) is 11.0 Å². The molecule has 0 radical (unpaired) electrons. The van der Waals surface area contributed by atoms with Crippen molar-refractivity contribution in [1.82, 2.24) is 5.32 Å². The highest BCUT2D eigenvalue weighted by atomic mass is 79.9. The van der Waals surface area contributed by atoms with Crippen molar-refractivity contribution in [3.05, 3.63) is 28.7 Å². The van der Waals surface area contributed by atoms with Gasteiger partial charge in [0.15, 0.2) is 9.84 Å². The van der Waals surface area contributed by atoms with Gasteiger partial charge in [-0.25, -0.2) is 13.2 Å². The first-order chi connectivity index (χ1) is 7.42. The lowest BCUT2D eigenvalue weighted by Gasteiger charge is -2.04. The number of benzene rings is 1. The van der Waals surface area contributed by atoms with Crippen molar-refractivity contribution in [3.8, 4) is 0 Å². The van der Waals surface area contributed by atoms with Gasteiger partial charge in [0.05, 0.1) is 10.6 Å². The average Bonchev–Trinajstić information content (AvgIpc) is 2.17. The number of rotatable bonds is 4. The van der Waals surface area contributed by atoms with Crippen LogP contribution in [0.15, 0.2) is 33.6 Å². The number of sulfone groups is 1. The number of nitrogens with one attached hydrogen (secondary N) is 1. The van der Waals surface area contributed by atoms with Crippen LogP contribution in [0.3, 0.4) is 0 Å². The summed E-state index contributed by atoms with van der Waals surface area (Å²) in [5, 5.41) is 10.3. The van der Waals surface area contributed by atoms with Gasteiger partial charge in [0.25, 0.3) is 0 Å². The zero-order valence-corrected chi connectivity index (χ0v) is 10.6. The van der Waals surface area contributed by atoms with Gasteiger partial charge in [-0.05, 0) is 24.3 Å². The van der Waals surface area contributed by atoms with Crippen LogP contribution in [-0.4, -0.2) is 31.9 Å². The monoisotopic (exact) mass is 307 g/mol. The van der Waals surface area contributed by atoms with Crippen LogP contribution in [0.1, 0.15) is 0 Å². The normalized spacial score (nSPS) is 11.1. The lowest BCUT2D eigenvalue weighted by atomic mass is 10.4. The molecular formula is C9H10BrNO4S. The van der Waals surface area contributed by atoms with Crippen LogP contribution in [0.25, 0.3) is 0 Å². The summed E-state index contributed by atoms with van der Waals surface area (Å²) in [6.45, 7) is -0.117. The van der Waals surface area contributed by atoms with E-state index in [9.17, 15) is 13.2 Å². The molecule has 1 rings (SSSR count). The fourth-order valence-corrected chi connectivity index (χ4v) is 2.47. The van der Waals surface area contributed by atoms with E-state index in [2.05, 4.69) is 15.9 Å². The Kier molecular flexibility index (Phi) is 4.31. The summed E-state index contributed by atoms with van der Waals surface area (Å²) in [4.78, 5) is 10.3. The molecule has 0 atom stereocenters. The lowest BCUT2D eigenvalue weighted by molar-refractivity contribution is 0.195. The van der Waals surface area contributed by atoms with Crippen LogP contribution in [0, 0.1) is 0 Å². The Morgan fingerprint density at radius 3 is 2.38 bits per heavy atom. The van der Waals surface area contributed by atoms with Crippen LogP contribution >= 0.6 is 15.9 Å². The molecule has 0 unspecified atom stereocenters. The Hall–Kier alpha value is -1.08. The summed E-state index contributed by atoms with van der Waals surface area (Å²) in [5.41, 5.74) is 0. The Morgan fingerprint density at radius 2 is 1.88 bits per heavy atom. The van der Waals surface area contributed by atoms with Crippen LogP contribution in [0.5, 0.6) is 0 Å². The number of carbonyl (C=O) groups is 1. The van der Waals surface area contributed by atoms with Crippen LogP contribution in [-0.2, 0) is 9.84 Å². The van der Waals surface area contributed by atoms with E-state index in [4.69, 9.17) is 5.11 Å². The molecule has 0 heterocycles. The van der Waals surface area contributed by atoms with Gasteiger partial charge in [-0.15, -0.1) is 0 Å². The topological polar surface area (TPSA) is 83.5 Å². The molecule has 0 aliphatic heterocycles. The van der Waals surface area contributed by atoms with Crippen LogP contribution in [0.2, 0.25) is 0 Å². The number of halogens is 1. The number of hydrogen-bond donors (Lipinski definition) is 2. The predicted molar refractivity (Wildman–Crippen MR) is 62.2 cm³/mol. The molecule has 16 heavy (non-hydrogen) atoms. The molecule has 0 saturated carbocycles. The van der Waals surface area contributed by atoms with Gasteiger partial charge in [-0.3, -0.25) is 0 Å². The number of amides is 1. The van der Waals surface area contributed by atoms with Gasteiger partial charge < -0.3 is 10.4 Å². The summed E-state index contributed by atoms with van der Waals surface area (Å²) in [6, 6.07) is 6.19. The van der Waals surface area contributed by atoms with Gasteiger partial charge in [0.1, 0.15) is 0 Å². The number of carboxylic acid groups (broad SMARTS) is 1. The summed E-state index contributed by atoms with van der Waals surface area (Å²) < 4.78 is 24.1. The van der Waals surface area contributed by atoms with E-state index in [1.54, 1.807) is 12.1 Å². The summed E-state index contributed by atoms with van der Waals surface area (Å²) in [7, 11) is -3.42. The van der Waals surface area contributed by atoms with E-state index in [0.717, 1.165) is 4.47 Å². The lowest BCUT2D eigenvalue weighted by Crippen LogP contribution is -2.27. The van der Waals surface area contributed by atoms with Crippen molar-refractivity contribution < 1.29 is 18.3 Å². The second-order valence-electron chi connectivity index (χ2n) is 3.00. The first-order valence-electron chi connectivity index (χ1n) is 4.37. The molecule has 0 spiro atoms. The minimum Gasteiger partial charge on any atom is -0.465 e. The Morgan fingerprint density at radius 1 is 1.31 bits per heavy atom. The summed E-state index contributed by atoms with van der Waals surface area (Å²) in [6.07, 6.45) is -1.23. The Bertz CT molecular complexity index is 469. The van der Waals surface area contributed by atoms with Crippen LogP contribution in [0.4, 0.5) is 4.79 Å². The molecule has 0 aliphatic rings. The quantitative estimate of drug-likeness (QED) is 0.883. The van der Waals surface area contributed by atoms with Crippen molar-refractivity contribution in [1.29, 1.82) is 0 Å². The van der Waals surface area contributed by atoms with Crippen molar-refractivity contribution in [3.63, 3.8) is 0 Å². The molecular weight excluding hydrogens is 298 g/mol. The van der Waals surface area contributed by atoms with E-state index in [1.807, 2.05) is 5.32 Å². The van der Waals surface area contributed by atoms with E-state index < -0.39 is 15.9 Å². The summed E-state index contributed by atoms with van der Waals surface area (Å²) in [5.74, 6) is -0.249. The molecule has 1 amide bonds. The van der Waals surface area contributed by atoms with Gasteiger partial charge >= 0.3 is 6.09 Å². The molecule has 1 aromatic carbocycles. The maximum Gasteiger partial charge on any atom is 0.404 e. The zero-order valence-electron chi connectivity index (χ0n) is 8.18. The molecule has 7 heteroatoms. The first-order valence-corrected chi connectivity index (χ1v) is 6.81. The molecule has 0 aliphatic carbocycles. The molecule has 0 fully saturated rings. The first kappa shape index (κ1) is 13.0. The van der Waals surface area contributed by atoms with Gasteiger partial charge in [0.2, 0.25) is 0 Å². The molecule has 88 valence electrons. The highest BCUT2D eigenvalue weighted by Crippen LogP contribution is 2.15. The third-order valence-corrected chi connectivity index (χ3v) is 4.08.